The number of nitrogens with zero attached hydrogens (tertiary/aromatic N) is 4. The average molecular weight is 880 g/mol. The lowest BCUT2D eigenvalue weighted by Gasteiger charge is -2.43. The smallest absolute Gasteiger partial charge is 0.323 e. The molecule has 61 heavy (non-hydrogen) atoms. The fraction of sp³-hybridized carbons (Fsp3) is 0.477. The minimum Gasteiger partial charge on any atom is -0.465 e. The van der Waals surface area contributed by atoms with Crippen molar-refractivity contribution >= 4 is 59.6 Å². The summed E-state index contributed by atoms with van der Waals surface area (Å²) >= 11 is 1.25. The summed E-state index contributed by atoms with van der Waals surface area (Å²) in [5.41, 5.74) is 13.5. The molecule has 3 unspecified atom stereocenters. The molecular formula is C44H59FN7O7PS. The van der Waals surface area contributed by atoms with Gasteiger partial charge < -0.3 is 40.2 Å². The van der Waals surface area contributed by atoms with Gasteiger partial charge in [-0.3, -0.25) is 24.2 Å². The third kappa shape index (κ3) is 13.3. The topological polar surface area (TPSA) is 183 Å². The van der Waals surface area contributed by atoms with Gasteiger partial charge in [-0.15, -0.1) is 11.3 Å². The number of benzene rings is 1. The van der Waals surface area contributed by atoms with E-state index in [1.807, 2.05) is 19.3 Å². The standard InChI is InChI=1S/C22H27FN3O4PS.C13H17N3O2.C9H15NO/c1-3-11-29-22(28)15(2)26-31(30-12-7-5-4-6-10-24)20(23)16-8-9-18-17(13-16)14-19(32-18)21(25)27;1-18-11-7-16(8-11)13-2-3-14-4-12(13)10-5-15(6-10)9-17;11-9-6-2-1-4-8-5-3-7-10(8)9/h4-10,12-15,20,26H,3,11,24H2,1-2H3,(H2,25,27);2-4,9-11H,5-8H2,1H3;8H,1-7H2/b5-4-,10-6-,12-7+;;/t15-,20?,31?;;/m0../s1. The Morgan fingerprint density at radius 2 is 1.85 bits per heavy atom. The van der Waals surface area contributed by atoms with Crippen molar-refractivity contribution in [3.8, 4) is 0 Å². The molecule has 0 aliphatic carbocycles. The van der Waals surface area contributed by atoms with Crippen molar-refractivity contribution in [3.63, 3.8) is 0 Å². The van der Waals surface area contributed by atoms with Gasteiger partial charge in [0, 0.05) is 86.6 Å². The van der Waals surface area contributed by atoms with Crippen LogP contribution in [0.5, 0.6) is 0 Å². The van der Waals surface area contributed by atoms with E-state index < -0.39 is 32.1 Å². The number of amides is 3. The molecule has 4 aliphatic heterocycles. The number of primary amides is 1. The van der Waals surface area contributed by atoms with Gasteiger partial charge in [-0.2, -0.15) is 0 Å². The number of hydrogen-bond donors (Lipinski definition) is 3. The zero-order chi connectivity index (χ0) is 43.7. The Morgan fingerprint density at radius 3 is 2.57 bits per heavy atom. The van der Waals surface area contributed by atoms with Crippen molar-refractivity contribution < 1.29 is 37.6 Å². The normalized spacial score (nSPS) is 19.6. The van der Waals surface area contributed by atoms with Gasteiger partial charge in [0.15, 0.2) is 5.91 Å². The van der Waals surface area contributed by atoms with E-state index in [9.17, 15) is 19.2 Å². The van der Waals surface area contributed by atoms with Crippen molar-refractivity contribution in [3.05, 3.63) is 95.5 Å². The second kappa shape index (κ2) is 23.9. The number of fused-ring (bicyclic) bond motifs is 2. The number of allylic oxidation sites excluding steroid dienone is 4. The first kappa shape index (κ1) is 47.2. The van der Waals surface area contributed by atoms with Crippen molar-refractivity contribution in [2.45, 2.75) is 88.8 Å². The fourth-order valence-electron chi connectivity index (χ4n) is 7.37. The van der Waals surface area contributed by atoms with Crippen molar-refractivity contribution in [2.24, 2.45) is 11.5 Å². The highest BCUT2D eigenvalue weighted by Gasteiger charge is 2.34. The molecule has 330 valence electrons. The van der Waals surface area contributed by atoms with E-state index in [0.717, 1.165) is 56.7 Å². The van der Waals surface area contributed by atoms with Crippen LogP contribution >= 0.6 is 19.6 Å². The minimum atomic E-state index is -1.94. The zero-order valence-corrected chi connectivity index (χ0v) is 36.9. The van der Waals surface area contributed by atoms with E-state index in [2.05, 4.69) is 25.9 Å². The van der Waals surface area contributed by atoms with E-state index in [0.29, 0.717) is 52.8 Å². The molecule has 0 spiro atoms. The van der Waals surface area contributed by atoms with Gasteiger partial charge in [0.05, 0.1) is 23.9 Å². The summed E-state index contributed by atoms with van der Waals surface area (Å²) in [6, 6.07) is 8.56. The molecule has 0 saturated carbocycles. The Kier molecular flexibility index (Phi) is 18.5. The highest BCUT2D eigenvalue weighted by atomic mass is 32.1. The second-order valence-corrected chi connectivity index (χ2v) is 17.9. The van der Waals surface area contributed by atoms with Gasteiger partial charge in [0.1, 0.15) is 6.04 Å². The van der Waals surface area contributed by atoms with Gasteiger partial charge >= 0.3 is 5.97 Å². The number of carbonyl (C=O) groups is 4. The molecule has 3 amide bonds. The molecule has 4 aliphatic rings. The summed E-state index contributed by atoms with van der Waals surface area (Å²) < 4.78 is 32.4. The predicted molar refractivity (Wildman–Crippen MR) is 238 cm³/mol. The number of aromatic nitrogens is 1. The number of likely N-dealkylation sites (tertiary alicyclic amines) is 1. The van der Waals surface area contributed by atoms with Crippen LogP contribution in [0.1, 0.15) is 91.4 Å². The molecule has 6 heterocycles. The highest BCUT2D eigenvalue weighted by molar-refractivity contribution is 7.50. The van der Waals surface area contributed by atoms with Crippen molar-refractivity contribution in [1.82, 2.24) is 19.9 Å². The lowest BCUT2D eigenvalue weighted by Crippen LogP contribution is -2.53. The van der Waals surface area contributed by atoms with Gasteiger partial charge in [-0.05, 0) is 92.6 Å². The van der Waals surface area contributed by atoms with Crippen LogP contribution in [0.4, 0.5) is 10.1 Å². The van der Waals surface area contributed by atoms with Gasteiger partial charge in [0.25, 0.3) is 5.91 Å². The molecular weight excluding hydrogens is 821 g/mol. The number of rotatable bonds is 16. The van der Waals surface area contributed by atoms with Gasteiger partial charge in [-0.1, -0.05) is 31.6 Å². The number of esters is 1. The Hall–Kier alpha value is -4.89. The van der Waals surface area contributed by atoms with E-state index in [-0.39, 0.29) is 0 Å². The summed E-state index contributed by atoms with van der Waals surface area (Å²) in [5, 5.41) is 3.62. The lowest BCUT2D eigenvalue weighted by molar-refractivity contribution is -0.145. The van der Waals surface area contributed by atoms with Crippen LogP contribution in [0.2, 0.25) is 0 Å². The summed E-state index contributed by atoms with van der Waals surface area (Å²) in [5.74, 6) is -1.72. The quantitative estimate of drug-likeness (QED) is 0.0453. The number of anilines is 1. The Bertz CT molecular complexity index is 2000. The first-order chi connectivity index (χ1) is 29.6. The number of carbonyl (C=O) groups excluding carboxylic acids is 4. The van der Waals surface area contributed by atoms with Crippen molar-refractivity contribution in [1.29, 1.82) is 0 Å². The van der Waals surface area contributed by atoms with Crippen LogP contribution < -0.4 is 21.5 Å². The van der Waals surface area contributed by atoms with Crippen LogP contribution in [0.15, 0.2) is 79.5 Å². The third-order valence-corrected chi connectivity index (χ3v) is 13.6. The van der Waals surface area contributed by atoms with Gasteiger partial charge in [0.2, 0.25) is 20.6 Å². The molecule has 0 bridgehead atoms. The summed E-state index contributed by atoms with van der Waals surface area (Å²) in [6.07, 6.45) is 21.9. The number of nitrogens with one attached hydrogen (secondary N) is 1. The van der Waals surface area contributed by atoms with Crippen LogP contribution in [0.25, 0.3) is 10.1 Å². The monoisotopic (exact) mass is 879 g/mol. The summed E-state index contributed by atoms with van der Waals surface area (Å²) in [6.45, 7) is 8.31. The second-order valence-electron chi connectivity index (χ2n) is 15.2. The maximum absolute atomic E-state index is 15.5. The third-order valence-electron chi connectivity index (χ3n) is 10.8. The Morgan fingerprint density at radius 1 is 1.08 bits per heavy atom. The number of ether oxygens (including phenoxy) is 2. The highest BCUT2D eigenvalue weighted by Crippen LogP contribution is 2.51. The number of nitrogens with two attached hydrogens (primary N) is 2. The average Bonchev–Trinajstić information content (AvgIpc) is 3.86. The molecule has 0 radical (unpaired) electrons. The summed E-state index contributed by atoms with van der Waals surface area (Å²) in [4.78, 5) is 56.4. The number of pyridine rings is 1. The number of hydrogen-bond acceptors (Lipinski definition) is 12. The van der Waals surface area contributed by atoms with Crippen LogP contribution in [-0.2, 0) is 28.4 Å². The number of halogens is 1. The molecule has 4 atom stereocenters. The summed E-state index contributed by atoms with van der Waals surface area (Å²) in [7, 11) is -0.186. The van der Waals surface area contributed by atoms with Crippen LogP contribution in [-0.4, -0.2) is 104 Å². The first-order valence-corrected chi connectivity index (χ1v) is 23.0. The van der Waals surface area contributed by atoms with Gasteiger partial charge in [-0.25, -0.2) is 9.48 Å². The van der Waals surface area contributed by atoms with Crippen LogP contribution in [0, 0.1) is 0 Å². The molecule has 4 fully saturated rings. The molecule has 2 aromatic heterocycles. The molecule has 3 aromatic rings. The maximum atomic E-state index is 15.5. The number of methoxy groups -OCH3 is 1. The SMILES string of the molecule is CCCOC(=O)[C@H](C)NP(O/C=C/C=C\C=C/N)C(F)c1ccc2sc(C(N)=O)cc2c1.COC1CN(c2ccncc2C2CN(C=O)C2)C1.O=C1CCCCC2CCCN12. The van der Waals surface area contributed by atoms with E-state index in [1.54, 1.807) is 67.5 Å². The van der Waals surface area contributed by atoms with Crippen molar-refractivity contribution in [2.75, 3.05) is 51.3 Å². The molecule has 4 saturated heterocycles. The largest absolute Gasteiger partial charge is 0.465 e. The van der Waals surface area contributed by atoms with E-state index >= 15 is 4.39 Å². The first-order valence-electron chi connectivity index (χ1n) is 20.8. The van der Waals surface area contributed by atoms with E-state index in [1.165, 1.54) is 60.7 Å². The zero-order valence-electron chi connectivity index (χ0n) is 35.2. The molecule has 5 N–H and O–H groups in total. The molecule has 7 rings (SSSR count). The minimum absolute atomic E-state index is 0.291. The van der Waals surface area contributed by atoms with E-state index in [4.69, 9.17) is 25.5 Å². The Labute approximate surface area is 363 Å². The molecule has 14 nitrogen and oxygen atoms in total. The molecule has 1 aromatic carbocycles. The Balaban J connectivity index is 0.000000200. The fourth-order valence-corrected chi connectivity index (χ4v) is 9.68. The molecule has 17 heteroatoms. The maximum Gasteiger partial charge on any atom is 0.323 e. The number of alkyl halides is 1. The lowest BCUT2D eigenvalue weighted by atomic mass is 9.91. The number of thiophene rings is 1. The predicted octanol–water partition coefficient (Wildman–Crippen LogP) is 6.79. The van der Waals surface area contributed by atoms with Crippen LogP contribution in [0.3, 0.4) is 0 Å².